The van der Waals surface area contributed by atoms with Gasteiger partial charge in [0, 0.05) is 17.8 Å². The fourth-order valence-corrected chi connectivity index (χ4v) is 2.64. The van der Waals surface area contributed by atoms with Crippen molar-refractivity contribution in [3.63, 3.8) is 0 Å². The van der Waals surface area contributed by atoms with Crippen LogP contribution in [0.3, 0.4) is 0 Å². The van der Waals surface area contributed by atoms with E-state index in [1.54, 1.807) is 31.4 Å². The van der Waals surface area contributed by atoms with Crippen LogP contribution >= 0.6 is 11.6 Å². The standard InChI is InChI=1S/C20H23ClN2O3/c1-4-14-8-10-17(11-9-14)23-19(25)18(24)22-13-20(2,26-3)15-6-5-7-16(21)12-15/h5-12H,4,13H2,1-3H3,(H,22,24)(H,23,25). The Morgan fingerprint density at radius 3 is 2.38 bits per heavy atom. The molecule has 0 saturated heterocycles. The Morgan fingerprint density at radius 1 is 1.12 bits per heavy atom. The molecule has 2 rings (SSSR count). The molecule has 1 unspecified atom stereocenters. The van der Waals surface area contributed by atoms with E-state index in [-0.39, 0.29) is 6.54 Å². The van der Waals surface area contributed by atoms with Gasteiger partial charge in [0.15, 0.2) is 0 Å². The van der Waals surface area contributed by atoms with Crippen molar-refractivity contribution in [3.8, 4) is 0 Å². The minimum Gasteiger partial charge on any atom is -0.372 e. The molecular weight excluding hydrogens is 352 g/mol. The zero-order valence-corrected chi connectivity index (χ0v) is 15.9. The molecule has 6 heteroatoms. The number of methoxy groups -OCH3 is 1. The van der Waals surface area contributed by atoms with Crippen molar-refractivity contribution in [2.45, 2.75) is 25.9 Å². The monoisotopic (exact) mass is 374 g/mol. The summed E-state index contributed by atoms with van der Waals surface area (Å²) in [6, 6.07) is 14.6. The van der Waals surface area contributed by atoms with Gasteiger partial charge >= 0.3 is 11.8 Å². The van der Waals surface area contributed by atoms with E-state index >= 15 is 0 Å². The fourth-order valence-electron chi connectivity index (χ4n) is 2.45. The van der Waals surface area contributed by atoms with E-state index in [0.717, 1.165) is 17.5 Å². The van der Waals surface area contributed by atoms with Crippen LogP contribution in [0.2, 0.25) is 5.02 Å². The molecule has 0 radical (unpaired) electrons. The lowest BCUT2D eigenvalue weighted by atomic mass is 9.95. The highest BCUT2D eigenvalue weighted by atomic mass is 35.5. The average Bonchev–Trinajstić information content (AvgIpc) is 2.66. The number of hydrogen-bond acceptors (Lipinski definition) is 3. The Hall–Kier alpha value is -2.37. The van der Waals surface area contributed by atoms with E-state index in [9.17, 15) is 9.59 Å². The molecule has 0 aliphatic rings. The predicted molar refractivity (Wildman–Crippen MR) is 103 cm³/mol. The van der Waals surface area contributed by atoms with Gasteiger partial charge in [0.25, 0.3) is 0 Å². The summed E-state index contributed by atoms with van der Waals surface area (Å²) in [5.41, 5.74) is 1.74. The zero-order chi connectivity index (χ0) is 19.2. The highest BCUT2D eigenvalue weighted by Crippen LogP contribution is 2.26. The Morgan fingerprint density at radius 2 is 1.81 bits per heavy atom. The molecule has 2 aromatic rings. The minimum atomic E-state index is -0.802. The number of amides is 2. The highest BCUT2D eigenvalue weighted by Gasteiger charge is 2.28. The van der Waals surface area contributed by atoms with E-state index in [1.807, 2.05) is 38.1 Å². The van der Waals surface area contributed by atoms with E-state index < -0.39 is 17.4 Å². The summed E-state index contributed by atoms with van der Waals surface area (Å²) in [6.07, 6.45) is 0.911. The van der Waals surface area contributed by atoms with Gasteiger partial charge in [0.05, 0.1) is 6.54 Å². The molecule has 2 amide bonds. The van der Waals surface area contributed by atoms with E-state index in [1.165, 1.54) is 0 Å². The number of carbonyl (C=O) groups excluding carboxylic acids is 2. The summed E-state index contributed by atoms with van der Waals surface area (Å²) in [6.45, 7) is 4.00. The molecule has 5 nitrogen and oxygen atoms in total. The van der Waals surface area contributed by atoms with Gasteiger partial charge in [-0.15, -0.1) is 0 Å². The summed E-state index contributed by atoms with van der Waals surface area (Å²) in [4.78, 5) is 24.2. The first-order valence-corrected chi connectivity index (χ1v) is 8.75. The third-order valence-corrected chi connectivity index (χ3v) is 4.53. The summed E-state index contributed by atoms with van der Waals surface area (Å²) in [5.74, 6) is -1.45. The second kappa shape index (κ2) is 8.83. The summed E-state index contributed by atoms with van der Waals surface area (Å²) in [5, 5.41) is 5.77. The Labute approximate surface area is 158 Å². The first-order chi connectivity index (χ1) is 12.4. The second-order valence-electron chi connectivity index (χ2n) is 6.13. The third kappa shape index (κ3) is 5.07. The number of halogens is 1. The maximum absolute atomic E-state index is 12.1. The van der Waals surface area contributed by atoms with Crippen molar-refractivity contribution in [2.75, 3.05) is 19.0 Å². The molecule has 2 aromatic carbocycles. The minimum absolute atomic E-state index is 0.130. The molecule has 0 bridgehead atoms. The van der Waals surface area contributed by atoms with Gasteiger partial charge in [-0.05, 0) is 48.7 Å². The topological polar surface area (TPSA) is 67.4 Å². The van der Waals surface area contributed by atoms with Crippen LogP contribution in [0.5, 0.6) is 0 Å². The molecule has 0 heterocycles. The van der Waals surface area contributed by atoms with Crippen LogP contribution in [0.1, 0.15) is 25.0 Å². The molecule has 0 aliphatic heterocycles. The quantitative estimate of drug-likeness (QED) is 0.760. The maximum Gasteiger partial charge on any atom is 0.313 e. The number of ether oxygens (including phenoxy) is 1. The van der Waals surface area contributed by atoms with Gasteiger partial charge in [-0.25, -0.2) is 0 Å². The number of anilines is 1. The van der Waals surface area contributed by atoms with Crippen molar-refractivity contribution in [3.05, 3.63) is 64.7 Å². The largest absolute Gasteiger partial charge is 0.372 e. The molecular formula is C20H23ClN2O3. The Bertz CT molecular complexity index is 777. The number of benzene rings is 2. The summed E-state index contributed by atoms with van der Waals surface area (Å²) < 4.78 is 5.55. The number of carbonyl (C=O) groups is 2. The molecule has 0 aliphatic carbocycles. The summed E-state index contributed by atoms with van der Waals surface area (Å²) >= 11 is 6.03. The molecule has 1 atom stereocenters. The number of rotatable bonds is 6. The molecule has 0 spiro atoms. The van der Waals surface area contributed by atoms with Crippen LogP contribution in [0, 0.1) is 0 Å². The van der Waals surface area contributed by atoms with E-state index in [4.69, 9.17) is 16.3 Å². The van der Waals surface area contributed by atoms with Crippen LogP contribution in [-0.4, -0.2) is 25.5 Å². The molecule has 2 N–H and O–H groups in total. The zero-order valence-electron chi connectivity index (χ0n) is 15.1. The lowest BCUT2D eigenvalue weighted by molar-refractivity contribution is -0.137. The van der Waals surface area contributed by atoms with E-state index in [0.29, 0.717) is 10.7 Å². The van der Waals surface area contributed by atoms with Crippen molar-refractivity contribution < 1.29 is 14.3 Å². The van der Waals surface area contributed by atoms with Crippen LogP contribution in [0.15, 0.2) is 48.5 Å². The van der Waals surface area contributed by atoms with Crippen molar-refractivity contribution in [1.82, 2.24) is 5.32 Å². The maximum atomic E-state index is 12.1. The lowest BCUT2D eigenvalue weighted by Crippen LogP contribution is -2.44. The first-order valence-electron chi connectivity index (χ1n) is 8.37. The van der Waals surface area contributed by atoms with Gasteiger partial charge < -0.3 is 15.4 Å². The number of hydrogen-bond donors (Lipinski definition) is 2. The summed E-state index contributed by atoms with van der Waals surface area (Å²) in [7, 11) is 1.54. The molecule has 26 heavy (non-hydrogen) atoms. The van der Waals surface area contributed by atoms with Crippen LogP contribution in [0.4, 0.5) is 5.69 Å². The van der Waals surface area contributed by atoms with Crippen molar-refractivity contribution in [2.24, 2.45) is 0 Å². The predicted octanol–water partition coefficient (Wildman–Crippen LogP) is 3.52. The average molecular weight is 375 g/mol. The van der Waals surface area contributed by atoms with E-state index in [2.05, 4.69) is 10.6 Å². The van der Waals surface area contributed by atoms with Crippen LogP contribution in [0.25, 0.3) is 0 Å². The Kier molecular flexibility index (Phi) is 6.77. The van der Waals surface area contributed by atoms with Gasteiger partial charge in [-0.2, -0.15) is 0 Å². The third-order valence-electron chi connectivity index (χ3n) is 4.30. The van der Waals surface area contributed by atoms with Crippen molar-refractivity contribution >= 4 is 29.1 Å². The lowest BCUT2D eigenvalue weighted by Gasteiger charge is -2.29. The first kappa shape index (κ1) is 19.9. The van der Waals surface area contributed by atoms with Gasteiger partial charge in [-0.1, -0.05) is 42.8 Å². The molecule has 138 valence electrons. The number of aryl methyl sites for hydroxylation is 1. The smallest absolute Gasteiger partial charge is 0.313 e. The van der Waals surface area contributed by atoms with Crippen LogP contribution < -0.4 is 10.6 Å². The van der Waals surface area contributed by atoms with Gasteiger partial charge in [-0.3, -0.25) is 9.59 Å². The van der Waals surface area contributed by atoms with Crippen molar-refractivity contribution in [1.29, 1.82) is 0 Å². The second-order valence-corrected chi connectivity index (χ2v) is 6.57. The molecule has 0 aromatic heterocycles. The SMILES string of the molecule is CCc1ccc(NC(=O)C(=O)NCC(C)(OC)c2cccc(Cl)c2)cc1. The van der Waals surface area contributed by atoms with Crippen LogP contribution in [-0.2, 0) is 26.3 Å². The Balaban J connectivity index is 1.98. The van der Waals surface area contributed by atoms with Gasteiger partial charge in [0.1, 0.15) is 5.60 Å². The molecule has 0 saturated carbocycles. The normalized spacial score (nSPS) is 12.9. The fraction of sp³-hybridized carbons (Fsp3) is 0.300. The van der Waals surface area contributed by atoms with Gasteiger partial charge in [0.2, 0.25) is 0 Å². The number of nitrogens with one attached hydrogen (secondary N) is 2. The molecule has 0 fully saturated rings. The highest BCUT2D eigenvalue weighted by molar-refractivity contribution is 6.39.